The second kappa shape index (κ2) is 7.93. The predicted molar refractivity (Wildman–Crippen MR) is 99.2 cm³/mol. The molecule has 0 unspecified atom stereocenters. The van der Waals surface area contributed by atoms with Crippen LogP contribution in [-0.4, -0.2) is 32.0 Å². The Kier molecular flexibility index (Phi) is 5.54. The molecule has 0 fully saturated rings. The van der Waals surface area contributed by atoms with Crippen molar-refractivity contribution in [2.45, 2.75) is 25.4 Å². The second-order valence-corrected chi connectivity index (χ2v) is 6.91. The lowest BCUT2D eigenvalue weighted by molar-refractivity contribution is -0.138. The molecular formula is C19H17F3N6O2. The Hall–Kier alpha value is -3.76. The molecule has 0 aliphatic carbocycles. The highest BCUT2D eigenvalue weighted by Crippen LogP contribution is 2.32. The summed E-state index contributed by atoms with van der Waals surface area (Å²) in [6.07, 6.45) is -3.13. The van der Waals surface area contributed by atoms with E-state index in [0.717, 1.165) is 12.1 Å². The van der Waals surface area contributed by atoms with E-state index < -0.39 is 29.0 Å². The van der Waals surface area contributed by atoms with Gasteiger partial charge >= 0.3 is 6.18 Å². The number of hydrazine groups is 1. The van der Waals surface area contributed by atoms with Gasteiger partial charge in [-0.05, 0) is 60.2 Å². The molecule has 1 aromatic heterocycles. The fourth-order valence-electron chi connectivity index (χ4n) is 2.60. The molecule has 0 aliphatic heterocycles. The number of hydrogen-bond acceptors (Lipinski definition) is 5. The van der Waals surface area contributed by atoms with Crippen LogP contribution in [0.1, 0.15) is 35.3 Å². The molecule has 30 heavy (non-hydrogen) atoms. The molecule has 11 heteroatoms. The van der Waals surface area contributed by atoms with Crippen LogP contribution in [0.4, 0.5) is 13.2 Å². The average molecular weight is 418 g/mol. The second-order valence-electron chi connectivity index (χ2n) is 6.91. The van der Waals surface area contributed by atoms with Crippen LogP contribution < -0.4 is 10.9 Å². The first kappa shape index (κ1) is 21.0. The molecule has 0 bridgehead atoms. The number of amides is 2. The Bertz CT molecular complexity index is 1050. The van der Waals surface area contributed by atoms with E-state index in [9.17, 15) is 22.8 Å². The van der Waals surface area contributed by atoms with Crippen LogP contribution in [0.15, 0.2) is 54.9 Å². The van der Waals surface area contributed by atoms with Crippen LogP contribution >= 0.6 is 0 Å². The predicted octanol–water partition coefficient (Wildman–Crippen LogP) is 2.42. The van der Waals surface area contributed by atoms with Crippen molar-refractivity contribution in [1.82, 2.24) is 31.1 Å². The van der Waals surface area contributed by atoms with E-state index in [2.05, 4.69) is 26.4 Å². The topological polar surface area (TPSA) is 102 Å². The maximum absolute atomic E-state index is 12.9. The number of hydrogen-bond donors (Lipinski definition) is 2. The zero-order valence-corrected chi connectivity index (χ0v) is 15.9. The van der Waals surface area contributed by atoms with Gasteiger partial charge in [-0.2, -0.15) is 13.2 Å². The molecule has 0 radical (unpaired) electrons. The van der Waals surface area contributed by atoms with E-state index in [1.54, 1.807) is 12.1 Å². The third-order valence-corrected chi connectivity index (χ3v) is 4.51. The standard InChI is InChI=1S/C19H17F3N6O2/c1-18(2,13-4-3-5-14(10-13)19(20,21)22)17(30)25-24-16(29)12-6-8-15(9-7-12)28-11-23-26-27-28/h3-11H,1-2H3,(H,24,29)(H,25,30). The Labute approximate surface area is 169 Å². The quantitative estimate of drug-likeness (QED) is 0.634. The molecule has 2 aromatic carbocycles. The largest absolute Gasteiger partial charge is 0.416 e. The van der Waals surface area contributed by atoms with Gasteiger partial charge in [-0.3, -0.25) is 20.4 Å². The molecule has 1 heterocycles. The molecule has 2 amide bonds. The van der Waals surface area contributed by atoms with Crippen molar-refractivity contribution in [2.24, 2.45) is 0 Å². The summed E-state index contributed by atoms with van der Waals surface area (Å²) in [7, 11) is 0. The van der Waals surface area contributed by atoms with Crippen LogP contribution in [0.5, 0.6) is 0 Å². The van der Waals surface area contributed by atoms with Crippen LogP contribution in [0.25, 0.3) is 5.69 Å². The van der Waals surface area contributed by atoms with Crippen molar-refractivity contribution in [2.75, 3.05) is 0 Å². The highest BCUT2D eigenvalue weighted by atomic mass is 19.4. The fraction of sp³-hybridized carbons (Fsp3) is 0.211. The molecule has 8 nitrogen and oxygen atoms in total. The lowest BCUT2D eigenvalue weighted by Crippen LogP contribution is -2.49. The lowest BCUT2D eigenvalue weighted by atomic mass is 9.83. The summed E-state index contributed by atoms with van der Waals surface area (Å²) < 4.78 is 40.2. The Morgan fingerprint density at radius 3 is 2.23 bits per heavy atom. The van der Waals surface area contributed by atoms with Gasteiger partial charge in [-0.15, -0.1) is 5.10 Å². The summed E-state index contributed by atoms with van der Waals surface area (Å²) in [6.45, 7) is 2.93. The number of nitrogens with one attached hydrogen (secondary N) is 2. The molecule has 3 aromatic rings. The average Bonchev–Trinajstić information content (AvgIpc) is 3.26. The molecule has 3 rings (SSSR count). The van der Waals surface area contributed by atoms with E-state index >= 15 is 0 Å². The van der Waals surface area contributed by atoms with Crippen LogP contribution in [-0.2, 0) is 16.4 Å². The number of aromatic nitrogens is 4. The Morgan fingerprint density at radius 2 is 1.63 bits per heavy atom. The number of rotatable bonds is 4. The summed E-state index contributed by atoms with van der Waals surface area (Å²) in [5.41, 5.74) is 3.40. The first-order chi connectivity index (χ1) is 14.1. The minimum Gasteiger partial charge on any atom is -0.272 e. The zero-order valence-electron chi connectivity index (χ0n) is 15.9. The Balaban J connectivity index is 1.66. The van der Waals surface area contributed by atoms with Gasteiger partial charge in [0.25, 0.3) is 5.91 Å². The number of carbonyl (C=O) groups excluding carboxylic acids is 2. The summed E-state index contributed by atoms with van der Waals surface area (Å²) in [5.74, 6) is -1.26. The van der Waals surface area contributed by atoms with Gasteiger partial charge < -0.3 is 0 Å². The molecule has 0 saturated carbocycles. The van der Waals surface area contributed by atoms with Crippen molar-refractivity contribution >= 4 is 11.8 Å². The van der Waals surface area contributed by atoms with E-state index in [1.165, 1.54) is 49.1 Å². The van der Waals surface area contributed by atoms with Gasteiger partial charge in [0, 0.05) is 5.56 Å². The molecule has 0 aliphatic rings. The molecular weight excluding hydrogens is 401 g/mol. The minimum absolute atomic E-state index is 0.162. The molecule has 0 saturated heterocycles. The van der Waals surface area contributed by atoms with Gasteiger partial charge in [0.05, 0.1) is 16.7 Å². The van der Waals surface area contributed by atoms with Gasteiger partial charge in [0.15, 0.2) is 0 Å². The smallest absolute Gasteiger partial charge is 0.272 e. The van der Waals surface area contributed by atoms with Crippen molar-refractivity contribution in [3.05, 3.63) is 71.5 Å². The number of tetrazole rings is 1. The molecule has 0 atom stereocenters. The number of alkyl halides is 3. The maximum Gasteiger partial charge on any atom is 0.416 e. The van der Waals surface area contributed by atoms with Gasteiger partial charge in [0.1, 0.15) is 6.33 Å². The van der Waals surface area contributed by atoms with Crippen LogP contribution in [0.2, 0.25) is 0 Å². The summed E-state index contributed by atoms with van der Waals surface area (Å²) in [4.78, 5) is 24.8. The number of benzene rings is 2. The minimum atomic E-state index is -4.52. The van der Waals surface area contributed by atoms with Gasteiger partial charge in [0.2, 0.25) is 5.91 Å². The lowest BCUT2D eigenvalue weighted by Gasteiger charge is -2.25. The third-order valence-electron chi connectivity index (χ3n) is 4.51. The zero-order chi connectivity index (χ0) is 21.9. The monoisotopic (exact) mass is 418 g/mol. The van der Waals surface area contributed by atoms with Crippen LogP contribution in [0.3, 0.4) is 0 Å². The van der Waals surface area contributed by atoms with Gasteiger partial charge in [-0.1, -0.05) is 18.2 Å². The number of carbonyl (C=O) groups is 2. The maximum atomic E-state index is 12.9. The van der Waals surface area contributed by atoms with Crippen LogP contribution in [0, 0.1) is 0 Å². The van der Waals surface area contributed by atoms with E-state index in [-0.39, 0.29) is 11.1 Å². The molecule has 0 spiro atoms. The van der Waals surface area contributed by atoms with Crippen molar-refractivity contribution in [1.29, 1.82) is 0 Å². The van der Waals surface area contributed by atoms with E-state index in [1.807, 2.05) is 0 Å². The van der Waals surface area contributed by atoms with E-state index in [4.69, 9.17) is 0 Å². The van der Waals surface area contributed by atoms with E-state index in [0.29, 0.717) is 5.69 Å². The number of halogens is 3. The summed E-state index contributed by atoms with van der Waals surface area (Å²) in [5, 5.41) is 10.8. The normalized spacial score (nSPS) is 11.8. The highest BCUT2D eigenvalue weighted by Gasteiger charge is 2.35. The molecule has 156 valence electrons. The molecule has 2 N–H and O–H groups in total. The first-order valence-electron chi connectivity index (χ1n) is 8.71. The summed E-state index contributed by atoms with van der Waals surface area (Å²) in [6, 6.07) is 10.7. The van der Waals surface area contributed by atoms with Crippen molar-refractivity contribution in [3.63, 3.8) is 0 Å². The Morgan fingerprint density at radius 1 is 0.967 bits per heavy atom. The SMILES string of the molecule is CC(C)(C(=O)NNC(=O)c1ccc(-n2cnnn2)cc1)c1cccc(C(F)(F)F)c1. The highest BCUT2D eigenvalue weighted by molar-refractivity contribution is 5.96. The van der Waals surface area contributed by atoms with Gasteiger partial charge in [-0.25, -0.2) is 4.68 Å². The van der Waals surface area contributed by atoms with Crippen molar-refractivity contribution < 1.29 is 22.8 Å². The third kappa shape index (κ3) is 4.45. The number of nitrogens with zero attached hydrogens (tertiary/aromatic N) is 4. The van der Waals surface area contributed by atoms with Crippen molar-refractivity contribution in [3.8, 4) is 5.69 Å². The fourth-order valence-corrected chi connectivity index (χ4v) is 2.60. The first-order valence-corrected chi connectivity index (χ1v) is 8.71. The summed E-state index contributed by atoms with van der Waals surface area (Å²) >= 11 is 0.